The van der Waals surface area contributed by atoms with Crippen molar-refractivity contribution in [2.24, 2.45) is 0 Å². The normalized spacial score (nSPS) is 11.3. The highest BCUT2D eigenvalue weighted by Gasteiger charge is 2.20. The highest BCUT2D eigenvalue weighted by molar-refractivity contribution is 9.10. The number of halogens is 2. The molecule has 0 aliphatic carbocycles. The summed E-state index contributed by atoms with van der Waals surface area (Å²) in [5, 5.41) is 8.77. The predicted octanol–water partition coefficient (Wildman–Crippen LogP) is 3.15. The molecule has 0 atom stereocenters. The number of carboxylic acids is 1. The molecule has 5 nitrogen and oxygen atoms in total. The lowest BCUT2D eigenvalue weighted by Gasteiger charge is -2.08. The quantitative estimate of drug-likeness (QED) is 0.854. The zero-order valence-corrected chi connectivity index (χ0v) is 12.9. The van der Waals surface area contributed by atoms with Gasteiger partial charge in [0.1, 0.15) is 14.9 Å². The molecule has 0 bridgehead atoms. The molecule has 0 fully saturated rings. The molecule has 0 radical (unpaired) electrons. The molecule has 1 aromatic heterocycles. The minimum atomic E-state index is -3.96. The van der Waals surface area contributed by atoms with Gasteiger partial charge < -0.3 is 5.11 Å². The van der Waals surface area contributed by atoms with Crippen LogP contribution in [0.1, 0.15) is 9.67 Å². The van der Waals surface area contributed by atoms with E-state index in [0.29, 0.717) is 15.8 Å². The maximum atomic E-state index is 13.1. The van der Waals surface area contributed by atoms with Crippen LogP contribution in [-0.2, 0) is 10.0 Å². The van der Waals surface area contributed by atoms with E-state index < -0.39 is 21.8 Å². The number of benzene rings is 1. The van der Waals surface area contributed by atoms with Gasteiger partial charge in [0, 0.05) is 4.47 Å². The van der Waals surface area contributed by atoms with Crippen molar-refractivity contribution in [3.8, 4) is 0 Å². The molecule has 0 saturated carbocycles. The molecular weight excluding hydrogens is 373 g/mol. The zero-order valence-electron chi connectivity index (χ0n) is 9.63. The fraction of sp³-hybridized carbons (Fsp3) is 0. The first-order valence-electron chi connectivity index (χ1n) is 5.10. The van der Waals surface area contributed by atoms with Crippen LogP contribution in [0.25, 0.3) is 0 Å². The molecule has 1 aromatic carbocycles. The average Bonchev–Trinajstić information content (AvgIpc) is 2.84. The Balaban J connectivity index is 2.35. The average molecular weight is 380 g/mol. The first-order chi connectivity index (χ1) is 9.29. The number of hydrogen-bond acceptors (Lipinski definition) is 4. The standard InChI is InChI=1S/C11H7BrFNO4S2/c12-7-2-1-6(13)5-8(7)14-20(17,18)10-4-3-9(19-10)11(15)16/h1-5,14H,(H,15,16). The van der Waals surface area contributed by atoms with E-state index in [4.69, 9.17) is 5.11 Å². The third-order valence-corrected chi connectivity index (χ3v) is 5.85. The van der Waals surface area contributed by atoms with E-state index in [1.165, 1.54) is 24.3 Å². The van der Waals surface area contributed by atoms with Crippen LogP contribution in [0.2, 0.25) is 0 Å². The number of anilines is 1. The van der Waals surface area contributed by atoms with Crippen molar-refractivity contribution in [2.75, 3.05) is 4.72 Å². The van der Waals surface area contributed by atoms with Gasteiger partial charge in [-0.3, -0.25) is 4.72 Å². The van der Waals surface area contributed by atoms with Gasteiger partial charge in [0.15, 0.2) is 0 Å². The summed E-state index contributed by atoms with van der Waals surface area (Å²) in [6.07, 6.45) is 0. The van der Waals surface area contributed by atoms with Crippen molar-refractivity contribution in [3.05, 3.63) is 45.5 Å². The second-order valence-corrected chi connectivity index (χ2v) is 7.50. The number of aromatic carboxylic acids is 1. The summed E-state index contributed by atoms with van der Waals surface area (Å²) in [6.45, 7) is 0. The van der Waals surface area contributed by atoms with Crippen LogP contribution in [0.3, 0.4) is 0 Å². The van der Waals surface area contributed by atoms with E-state index >= 15 is 0 Å². The van der Waals surface area contributed by atoms with Crippen LogP contribution in [0.5, 0.6) is 0 Å². The number of hydrogen-bond donors (Lipinski definition) is 2. The minimum absolute atomic E-state index is 0.0373. The van der Waals surface area contributed by atoms with Gasteiger partial charge >= 0.3 is 5.97 Å². The maximum Gasteiger partial charge on any atom is 0.345 e. The van der Waals surface area contributed by atoms with Crippen LogP contribution < -0.4 is 4.72 Å². The summed E-state index contributed by atoms with van der Waals surface area (Å²) >= 11 is 3.72. The van der Waals surface area contributed by atoms with Gasteiger partial charge in [-0.25, -0.2) is 17.6 Å². The lowest BCUT2D eigenvalue weighted by molar-refractivity contribution is 0.0702. The van der Waals surface area contributed by atoms with Crippen molar-refractivity contribution >= 4 is 48.9 Å². The number of thiophene rings is 1. The SMILES string of the molecule is O=C(O)c1ccc(S(=O)(=O)Nc2cc(F)ccc2Br)s1. The van der Waals surface area contributed by atoms with Gasteiger partial charge in [0.2, 0.25) is 0 Å². The van der Waals surface area contributed by atoms with Crippen molar-refractivity contribution in [1.82, 2.24) is 0 Å². The van der Waals surface area contributed by atoms with E-state index in [1.54, 1.807) is 0 Å². The van der Waals surface area contributed by atoms with E-state index in [0.717, 1.165) is 6.07 Å². The fourth-order valence-corrected chi connectivity index (χ4v) is 4.04. The molecule has 0 spiro atoms. The molecule has 2 rings (SSSR count). The molecule has 2 N–H and O–H groups in total. The summed E-state index contributed by atoms with van der Waals surface area (Å²) in [4.78, 5) is 10.6. The molecular formula is C11H7BrFNO4S2. The van der Waals surface area contributed by atoms with E-state index in [1.807, 2.05) is 0 Å². The van der Waals surface area contributed by atoms with E-state index in [2.05, 4.69) is 20.7 Å². The summed E-state index contributed by atoms with van der Waals surface area (Å²) in [6, 6.07) is 5.94. The maximum absolute atomic E-state index is 13.1. The first kappa shape index (κ1) is 14.9. The predicted molar refractivity (Wildman–Crippen MR) is 76.2 cm³/mol. The third kappa shape index (κ3) is 3.17. The second kappa shape index (κ2) is 5.51. The monoisotopic (exact) mass is 379 g/mol. The van der Waals surface area contributed by atoms with Gasteiger partial charge in [-0.1, -0.05) is 0 Å². The molecule has 1 heterocycles. The van der Waals surface area contributed by atoms with Crippen LogP contribution in [-0.4, -0.2) is 19.5 Å². The van der Waals surface area contributed by atoms with E-state index in [-0.39, 0.29) is 14.8 Å². The zero-order chi connectivity index (χ0) is 14.9. The van der Waals surface area contributed by atoms with Crippen molar-refractivity contribution in [3.63, 3.8) is 0 Å². The Labute approximate surface area is 126 Å². The molecule has 20 heavy (non-hydrogen) atoms. The van der Waals surface area contributed by atoms with Crippen LogP contribution in [0.4, 0.5) is 10.1 Å². The van der Waals surface area contributed by atoms with E-state index in [9.17, 15) is 17.6 Å². The summed E-state index contributed by atoms with van der Waals surface area (Å²) in [5.74, 6) is -1.80. The minimum Gasteiger partial charge on any atom is -0.477 e. The van der Waals surface area contributed by atoms with Crippen LogP contribution in [0.15, 0.2) is 39.0 Å². The molecule has 2 aromatic rings. The second-order valence-electron chi connectivity index (χ2n) is 3.65. The van der Waals surface area contributed by atoms with Crippen LogP contribution in [0, 0.1) is 5.82 Å². The first-order valence-corrected chi connectivity index (χ1v) is 8.20. The summed E-state index contributed by atoms with van der Waals surface area (Å²) < 4.78 is 39.6. The Morgan fingerprint density at radius 1 is 1.30 bits per heavy atom. The smallest absolute Gasteiger partial charge is 0.345 e. The summed E-state index contributed by atoms with van der Waals surface area (Å²) in [7, 11) is -3.96. The number of nitrogens with one attached hydrogen (secondary N) is 1. The van der Waals surface area contributed by atoms with Crippen molar-refractivity contribution < 1.29 is 22.7 Å². The van der Waals surface area contributed by atoms with Crippen molar-refractivity contribution in [1.29, 1.82) is 0 Å². The Kier molecular flexibility index (Phi) is 4.11. The highest BCUT2D eigenvalue weighted by atomic mass is 79.9. The fourth-order valence-electron chi connectivity index (χ4n) is 1.35. The molecule has 0 aliphatic rings. The molecule has 0 amide bonds. The Morgan fingerprint density at radius 3 is 2.60 bits per heavy atom. The molecule has 0 unspecified atom stereocenters. The topological polar surface area (TPSA) is 83.5 Å². The van der Waals surface area contributed by atoms with Crippen LogP contribution >= 0.6 is 27.3 Å². The molecule has 106 valence electrons. The summed E-state index contributed by atoms with van der Waals surface area (Å²) in [5.41, 5.74) is 0.0373. The third-order valence-electron chi connectivity index (χ3n) is 2.23. The van der Waals surface area contributed by atoms with Gasteiger partial charge in [-0.05, 0) is 46.3 Å². The Bertz CT molecular complexity index is 772. The Hall–Kier alpha value is -1.45. The number of carbonyl (C=O) groups is 1. The van der Waals surface area contributed by atoms with Gasteiger partial charge in [0.05, 0.1) is 5.69 Å². The Morgan fingerprint density at radius 2 is 2.00 bits per heavy atom. The number of carboxylic acid groups (broad SMARTS) is 1. The van der Waals surface area contributed by atoms with Crippen molar-refractivity contribution in [2.45, 2.75) is 4.21 Å². The van der Waals surface area contributed by atoms with Gasteiger partial charge in [0.25, 0.3) is 10.0 Å². The molecule has 0 aliphatic heterocycles. The number of rotatable bonds is 4. The number of sulfonamides is 1. The molecule has 0 saturated heterocycles. The lowest BCUT2D eigenvalue weighted by atomic mass is 10.3. The lowest BCUT2D eigenvalue weighted by Crippen LogP contribution is -2.12. The largest absolute Gasteiger partial charge is 0.477 e. The van der Waals surface area contributed by atoms with Gasteiger partial charge in [-0.15, -0.1) is 11.3 Å². The van der Waals surface area contributed by atoms with Gasteiger partial charge in [-0.2, -0.15) is 0 Å². The highest BCUT2D eigenvalue weighted by Crippen LogP contribution is 2.28. The molecule has 9 heteroatoms.